The zero-order valence-corrected chi connectivity index (χ0v) is 8.74. The monoisotopic (exact) mass is 221 g/mol. The standard InChI is InChI=1S/C12H12FNO2/c1-8(12(15)16)7-14-5-4-9-2-3-10(13)6-11(9)14/h2-3,6H,1,4-5,7H2,(H,15,16). The maximum Gasteiger partial charge on any atom is 0.332 e. The second-order valence-electron chi connectivity index (χ2n) is 3.85. The molecule has 1 aromatic rings. The highest BCUT2D eigenvalue weighted by atomic mass is 19.1. The highest BCUT2D eigenvalue weighted by molar-refractivity contribution is 5.87. The summed E-state index contributed by atoms with van der Waals surface area (Å²) in [5.74, 6) is -1.31. The molecule has 0 aromatic heterocycles. The van der Waals surface area contributed by atoms with E-state index in [4.69, 9.17) is 5.11 Å². The lowest BCUT2D eigenvalue weighted by atomic mass is 10.1. The van der Waals surface area contributed by atoms with Crippen LogP contribution < -0.4 is 4.90 Å². The Labute approximate surface area is 92.8 Å². The number of nitrogens with zero attached hydrogens (tertiary/aromatic N) is 1. The largest absolute Gasteiger partial charge is 0.478 e. The minimum absolute atomic E-state index is 0.122. The van der Waals surface area contributed by atoms with Crippen LogP contribution in [-0.2, 0) is 11.2 Å². The molecule has 1 aromatic carbocycles. The molecule has 0 radical (unpaired) electrons. The average molecular weight is 221 g/mol. The van der Waals surface area contributed by atoms with Crippen LogP contribution >= 0.6 is 0 Å². The lowest BCUT2D eigenvalue weighted by Crippen LogP contribution is -2.25. The fourth-order valence-corrected chi connectivity index (χ4v) is 1.88. The Balaban J connectivity index is 2.20. The normalized spacial score (nSPS) is 13.7. The van der Waals surface area contributed by atoms with Crippen molar-refractivity contribution in [3.05, 3.63) is 41.7 Å². The lowest BCUT2D eigenvalue weighted by Gasteiger charge is -2.19. The molecule has 16 heavy (non-hydrogen) atoms. The number of halogens is 1. The molecule has 1 aliphatic heterocycles. The third kappa shape index (κ3) is 1.91. The minimum atomic E-state index is -1.01. The molecule has 1 aliphatic rings. The first kappa shape index (κ1) is 10.7. The molecule has 0 unspecified atom stereocenters. The van der Waals surface area contributed by atoms with E-state index in [1.54, 1.807) is 6.07 Å². The molecule has 4 heteroatoms. The van der Waals surface area contributed by atoms with E-state index in [9.17, 15) is 9.18 Å². The predicted octanol–water partition coefficient (Wildman–Crippen LogP) is 1.83. The number of carbonyl (C=O) groups is 1. The summed E-state index contributed by atoms with van der Waals surface area (Å²) in [4.78, 5) is 12.5. The highest BCUT2D eigenvalue weighted by Gasteiger charge is 2.21. The van der Waals surface area contributed by atoms with Gasteiger partial charge in [0.15, 0.2) is 0 Å². The van der Waals surface area contributed by atoms with Crippen molar-refractivity contribution in [3.63, 3.8) is 0 Å². The molecule has 2 rings (SSSR count). The van der Waals surface area contributed by atoms with Crippen LogP contribution in [0, 0.1) is 5.82 Å². The van der Waals surface area contributed by atoms with Crippen LogP contribution in [0.5, 0.6) is 0 Å². The molecule has 0 spiro atoms. The fraction of sp³-hybridized carbons (Fsp3) is 0.250. The van der Waals surface area contributed by atoms with Crippen molar-refractivity contribution in [1.29, 1.82) is 0 Å². The number of aliphatic carboxylic acids is 1. The SMILES string of the molecule is C=C(CN1CCc2ccc(F)cc21)C(=O)O. The van der Waals surface area contributed by atoms with E-state index in [0.29, 0.717) is 6.54 Å². The van der Waals surface area contributed by atoms with Gasteiger partial charge in [0.1, 0.15) is 5.82 Å². The van der Waals surface area contributed by atoms with E-state index in [0.717, 1.165) is 17.7 Å². The molecule has 84 valence electrons. The van der Waals surface area contributed by atoms with Gasteiger partial charge in [-0.3, -0.25) is 0 Å². The molecular weight excluding hydrogens is 209 g/mol. The zero-order valence-electron chi connectivity index (χ0n) is 8.74. The Hall–Kier alpha value is -1.84. The van der Waals surface area contributed by atoms with Crippen molar-refractivity contribution < 1.29 is 14.3 Å². The van der Waals surface area contributed by atoms with E-state index in [2.05, 4.69) is 6.58 Å². The van der Waals surface area contributed by atoms with E-state index >= 15 is 0 Å². The summed E-state index contributed by atoms with van der Waals surface area (Å²) in [5, 5.41) is 8.74. The number of hydrogen-bond donors (Lipinski definition) is 1. The van der Waals surface area contributed by atoms with Crippen LogP contribution in [0.25, 0.3) is 0 Å². The third-order valence-electron chi connectivity index (χ3n) is 2.72. The topological polar surface area (TPSA) is 40.5 Å². The van der Waals surface area contributed by atoms with Gasteiger partial charge in [-0.25, -0.2) is 9.18 Å². The van der Waals surface area contributed by atoms with Gasteiger partial charge in [0.05, 0.1) is 0 Å². The van der Waals surface area contributed by atoms with Gasteiger partial charge in [-0.2, -0.15) is 0 Å². The molecule has 1 heterocycles. The van der Waals surface area contributed by atoms with Crippen molar-refractivity contribution in [2.75, 3.05) is 18.0 Å². The summed E-state index contributed by atoms with van der Waals surface area (Å²) in [6.07, 6.45) is 0.822. The van der Waals surface area contributed by atoms with Crippen LogP contribution in [0.3, 0.4) is 0 Å². The summed E-state index contributed by atoms with van der Waals surface area (Å²) in [6.45, 7) is 4.43. The number of hydrogen-bond acceptors (Lipinski definition) is 2. The maximum absolute atomic E-state index is 13.1. The van der Waals surface area contributed by atoms with Crippen molar-refractivity contribution in [3.8, 4) is 0 Å². The fourth-order valence-electron chi connectivity index (χ4n) is 1.88. The van der Waals surface area contributed by atoms with E-state index in [1.165, 1.54) is 12.1 Å². The van der Waals surface area contributed by atoms with Gasteiger partial charge in [0.2, 0.25) is 0 Å². The Bertz CT molecular complexity index is 456. The van der Waals surface area contributed by atoms with Gasteiger partial charge in [0.25, 0.3) is 0 Å². The Morgan fingerprint density at radius 3 is 3.00 bits per heavy atom. The molecule has 0 atom stereocenters. The highest BCUT2D eigenvalue weighted by Crippen LogP contribution is 2.28. The Morgan fingerprint density at radius 2 is 2.31 bits per heavy atom. The predicted molar refractivity (Wildman–Crippen MR) is 59.1 cm³/mol. The number of fused-ring (bicyclic) bond motifs is 1. The summed E-state index contributed by atoms with van der Waals surface area (Å²) >= 11 is 0. The number of carboxylic acid groups (broad SMARTS) is 1. The van der Waals surface area contributed by atoms with Gasteiger partial charge in [-0.1, -0.05) is 12.6 Å². The average Bonchev–Trinajstić information content (AvgIpc) is 2.61. The van der Waals surface area contributed by atoms with E-state index < -0.39 is 5.97 Å². The molecule has 0 saturated carbocycles. The number of rotatable bonds is 3. The molecule has 0 fully saturated rings. The van der Waals surface area contributed by atoms with Crippen LogP contribution in [0.15, 0.2) is 30.4 Å². The van der Waals surface area contributed by atoms with Crippen molar-refractivity contribution in [2.45, 2.75) is 6.42 Å². The van der Waals surface area contributed by atoms with E-state index in [1.807, 2.05) is 4.90 Å². The summed E-state index contributed by atoms with van der Waals surface area (Å²) in [7, 11) is 0. The minimum Gasteiger partial charge on any atom is -0.478 e. The van der Waals surface area contributed by atoms with Crippen LogP contribution in [0.4, 0.5) is 10.1 Å². The van der Waals surface area contributed by atoms with Gasteiger partial charge >= 0.3 is 5.97 Å². The molecule has 0 bridgehead atoms. The van der Waals surface area contributed by atoms with Crippen molar-refractivity contribution in [1.82, 2.24) is 0 Å². The Morgan fingerprint density at radius 1 is 1.56 bits per heavy atom. The number of anilines is 1. The second kappa shape index (κ2) is 3.96. The first-order valence-electron chi connectivity index (χ1n) is 5.02. The number of carboxylic acids is 1. The van der Waals surface area contributed by atoms with Gasteiger partial charge < -0.3 is 10.0 Å². The van der Waals surface area contributed by atoms with Crippen molar-refractivity contribution >= 4 is 11.7 Å². The van der Waals surface area contributed by atoms with Crippen LogP contribution in [0.1, 0.15) is 5.56 Å². The zero-order chi connectivity index (χ0) is 11.7. The van der Waals surface area contributed by atoms with Crippen LogP contribution in [0.2, 0.25) is 0 Å². The third-order valence-corrected chi connectivity index (χ3v) is 2.72. The second-order valence-corrected chi connectivity index (χ2v) is 3.85. The first-order valence-corrected chi connectivity index (χ1v) is 5.02. The summed E-state index contributed by atoms with van der Waals surface area (Å²) in [6, 6.07) is 4.61. The van der Waals surface area contributed by atoms with Gasteiger partial charge in [-0.15, -0.1) is 0 Å². The summed E-state index contributed by atoms with van der Waals surface area (Å²) in [5.41, 5.74) is 1.96. The van der Waals surface area contributed by atoms with Crippen molar-refractivity contribution in [2.24, 2.45) is 0 Å². The van der Waals surface area contributed by atoms with Crippen LogP contribution in [-0.4, -0.2) is 24.2 Å². The molecule has 0 amide bonds. The molecular formula is C12H12FNO2. The lowest BCUT2D eigenvalue weighted by molar-refractivity contribution is -0.132. The molecule has 0 saturated heterocycles. The first-order chi connectivity index (χ1) is 7.58. The molecule has 1 N–H and O–H groups in total. The van der Waals surface area contributed by atoms with E-state index in [-0.39, 0.29) is 17.9 Å². The summed E-state index contributed by atoms with van der Waals surface area (Å²) < 4.78 is 13.1. The Kier molecular flexibility index (Phi) is 2.64. The quantitative estimate of drug-likeness (QED) is 0.791. The molecule has 0 aliphatic carbocycles. The maximum atomic E-state index is 13.1. The van der Waals surface area contributed by atoms with Gasteiger partial charge in [0, 0.05) is 24.4 Å². The smallest absolute Gasteiger partial charge is 0.332 e. The molecule has 3 nitrogen and oxygen atoms in total. The van der Waals surface area contributed by atoms with Gasteiger partial charge in [-0.05, 0) is 24.1 Å². The number of benzene rings is 1.